The van der Waals surface area contributed by atoms with Gasteiger partial charge < -0.3 is 30.7 Å². The standard InChI is InChI=1S/C30H45N7O3S/c1-19-10-11-21(28(38)34-24-14-22(30(2,3)4)15-25(35-41-7)27(24)40-6)13-26(19)37(32)18-23(31)29(39)33-16-20-9-8-12-36(5)17-20/h10-11,13-15,18,20,35H,8-9,12,16-17,31-32H2,1-7H3,(H,33,39)(H,34,38)/b23-18-. The van der Waals surface area contributed by atoms with Crippen molar-refractivity contribution in [1.29, 1.82) is 0 Å². The summed E-state index contributed by atoms with van der Waals surface area (Å²) < 4.78 is 8.91. The molecule has 1 heterocycles. The Morgan fingerprint density at radius 1 is 1.22 bits per heavy atom. The zero-order chi connectivity index (χ0) is 30.3. The number of aryl methyl sites for hydroxylation is 1. The van der Waals surface area contributed by atoms with Crippen molar-refractivity contribution in [3.8, 4) is 5.75 Å². The first-order valence-electron chi connectivity index (χ1n) is 13.8. The molecule has 2 aromatic rings. The van der Waals surface area contributed by atoms with Crippen molar-refractivity contribution < 1.29 is 14.3 Å². The van der Waals surface area contributed by atoms with Gasteiger partial charge in [0.1, 0.15) is 5.70 Å². The predicted molar refractivity (Wildman–Crippen MR) is 170 cm³/mol. The topological polar surface area (TPSA) is 138 Å². The number of rotatable bonds is 10. The van der Waals surface area contributed by atoms with Crippen molar-refractivity contribution in [3.63, 3.8) is 0 Å². The van der Waals surface area contributed by atoms with E-state index in [4.69, 9.17) is 16.3 Å². The molecule has 0 aromatic heterocycles. The maximum atomic E-state index is 13.4. The number of methoxy groups -OCH3 is 1. The molecule has 3 rings (SSSR count). The van der Waals surface area contributed by atoms with Crippen molar-refractivity contribution in [2.24, 2.45) is 17.5 Å². The van der Waals surface area contributed by atoms with Gasteiger partial charge in [0.05, 0.1) is 24.2 Å². The number of nitrogens with zero attached hydrogens (tertiary/aromatic N) is 2. The lowest BCUT2D eigenvalue weighted by Gasteiger charge is -2.29. The Morgan fingerprint density at radius 3 is 2.56 bits per heavy atom. The van der Waals surface area contributed by atoms with Crippen molar-refractivity contribution >= 4 is 40.8 Å². The molecule has 0 bridgehead atoms. The summed E-state index contributed by atoms with van der Waals surface area (Å²) in [5.74, 6) is 6.54. The zero-order valence-electron chi connectivity index (χ0n) is 25.3. The summed E-state index contributed by atoms with van der Waals surface area (Å²) in [7, 11) is 3.66. The van der Waals surface area contributed by atoms with Gasteiger partial charge >= 0.3 is 0 Å². The summed E-state index contributed by atoms with van der Waals surface area (Å²) in [5.41, 5.74) is 10.0. The monoisotopic (exact) mass is 583 g/mol. The van der Waals surface area contributed by atoms with Crippen LogP contribution in [0.2, 0.25) is 0 Å². The largest absolute Gasteiger partial charge is 0.492 e. The minimum Gasteiger partial charge on any atom is -0.492 e. The van der Waals surface area contributed by atoms with Gasteiger partial charge in [-0.3, -0.25) is 14.6 Å². The number of carbonyl (C=O) groups excluding carboxylic acids is 2. The Balaban J connectivity index is 1.79. The van der Waals surface area contributed by atoms with E-state index >= 15 is 0 Å². The average Bonchev–Trinajstić information content (AvgIpc) is 2.91. The number of piperidine rings is 1. The lowest BCUT2D eigenvalue weighted by Crippen LogP contribution is -2.40. The first-order valence-corrected chi connectivity index (χ1v) is 15.0. The van der Waals surface area contributed by atoms with E-state index in [1.807, 2.05) is 25.3 Å². The molecule has 0 spiro atoms. The molecule has 224 valence electrons. The molecule has 1 aliphatic heterocycles. The smallest absolute Gasteiger partial charge is 0.268 e. The second-order valence-corrected chi connectivity index (χ2v) is 12.2. The summed E-state index contributed by atoms with van der Waals surface area (Å²) in [6.45, 7) is 10.8. The van der Waals surface area contributed by atoms with Crippen LogP contribution in [0.4, 0.5) is 17.1 Å². The third kappa shape index (κ3) is 8.54. The number of nitrogens with two attached hydrogens (primary N) is 2. The summed E-state index contributed by atoms with van der Waals surface area (Å²) in [6.07, 6.45) is 5.50. The number of amides is 2. The van der Waals surface area contributed by atoms with E-state index in [0.717, 1.165) is 42.7 Å². The summed E-state index contributed by atoms with van der Waals surface area (Å²) in [4.78, 5) is 28.3. The molecule has 1 aliphatic rings. The fraction of sp³-hybridized carbons (Fsp3) is 0.467. The maximum Gasteiger partial charge on any atom is 0.268 e. The first-order chi connectivity index (χ1) is 19.3. The van der Waals surface area contributed by atoms with E-state index in [1.54, 1.807) is 25.3 Å². The maximum absolute atomic E-state index is 13.4. The van der Waals surface area contributed by atoms with E-state index in [1.165, 1.54) is 23.2 Å². The summed E-state index contributed by atoms with van der Waals surface area (Å²) >= 11 is 1.44. The van der Waals surface area contributed by atoms with Crippen LogP contribution in [0.15, 0.2) is 42.2 Å². The SMILES string of the molecule is COc1c(NSC)cc(C(C)(C)C)cc1NC(=O)c1ccc(C)c(N(N)/C=C(\N)C(=O)NCC2CCCN(C)C2)c1. The predicted octanol–water partition coefficient (Wildman–Crippen LogP) is 4.18. The molecule has 1 atom stereocenters. The number of likely N-dealkylation sites (tertiary alicyclic amines) is 1. The van der Waals surface area contributed by atoms with Crippen LogP contribution in [0.25, 0.3) is 0 Å². The Morgan fingerprint density at radius 2 is 1.93 bits per heavy atom. The van der Waals surface area contributed by atoms with Gasteiger partial charge in [-0.05, 0) is 80.1 Å². The van der Waals surface area contributed by atoms with E-state index < -0.39 is 0 Å². The molecule has 2 aromatic carbocycles. The van der Waals surface area contributed by atoms with Crippen molar-refractivity contribution in [1.82, 2.24) is 10.2 Å². The van der Waals surface area contributed by atoms with Crippen LogP contribution in [0.3, 0.4) is 0 Å². The summed E-state index contributed by atoms with van der Waals surface area (Å²) in [5, 5.41) is 7.20. The molecular weight excluding hydrogens is 538 g/mol. The quantitative estimate of drug-likeness (QED) is 0.121. The number of nitrogens with one attached hydrogen (secondary N) is 3. The van der Waals surface area contributed by atoms with Crippen LogP contribution in [0, 0.1) is 12.8 Å². The van der Waals surface area contributed by atoms with Crippen LogP contribution in [-0.4, -0.2) is 56.8 Å². The number of hydrazine groups is 1. The lowest BCUT2D eigenvalue weighted by atomic mass is 9.86. The third-order valence-corrected chi connectivity index (χ3v) is 7.61. The number of hydrogen-bond acceptors (Lipinski definition) is 9. The Kier molecular flexibility index (Phi) is 10.9. The highest BCUT2D eigenvalue weighted by atomic mass is 32.2. The molecule has 1 saturated heterocycles. The fourth-order valence-electron chi connectivity index (χ4n) is 4.84. The zero-order valence-corrected chi connectivity index (χ0v) is 26.1. The number of benzene rings is 2. The van der Waals surface area contributed by atoms with Crippen LogP contribution in [0.5, 0.6) is 5.75 Å². The van der Waals surface area contributed by atoms with E-state index in [0.29, 0.717) is 35.2 Å². The van der Waals surface area contributed by atoms with Crippen LogP contribution >= 0.6 is 11.9 Å². The number of carbonyl (C=O) groups is 2. The van der Waals surface area contributed by atoms with Gasteiger partial charge in [-0.15, -0.1) is 0 Å². The highest BCUT2D eigenvalue weighted by Gasteiger charge is 2.22. The highest BCUT2D eigenvalue weighted by Crippen LogP contribution is 2.39. The highest BCUT2D eigenvalue weighted by molar-refractivity contribution is 7.99. The van der Waals surface area contributed by atoms with Crippen molar-refractivity contribution in [2.75, 3.05) is 55.1 Å². The Hall–Kier alpha value is -3.41. The fourth-order valence-corrected chi connectivity index (χ4v) is 5.21. The molecule has 1 fully saturated rings. The molecule has 0 aliphatic carbocycles. The Bertz CT molecular complexity index is 1280. The normalized spacial score (nSPS) is 16.2. The minimum absolute atomic E-state index is 0.0107. The number of hydrogen-bond donors (Lipinski definition) is 5. The molecule has 11 heteroatoms. The minimum atomic E-state index is -0.374. The first kappa shape index (κ1) is 32.1. The second-order valence-electron chi connectivity index (χ2n) is 11.6. The van der Waals surface area contributed by atoms with Crippen LogP contribution < -0.4 is 36.7 Å². The van der Waals surface area contributed by atoms with Gasteiger partial charge in [0.15, 0.2) is 5.75 Å². The third-order valence-electron chi connectivity index (χ3n) is 7.18. The van der Waals surface area contributed by atoms with Crippen molar-refractivity contribution in [2.45, 2.75) is 46.0 Å². The van der Waals surface area contributed by atoms with Gasteiger partial charge in [0.2, 0.25) is 0 Å². The molecule has 41 heavy (non-hydrogen) atoms. The lowest BCUT2D eigenvalue weighted by molar-refractivity contribution is -0.117. The van der Waals surface area contributed by atoms with Gasteiger partial charge in [0.25, 0.3) is 11.8 Å². The van der Waals surface area contributed by atoms with Crippen LogP contribution in [-0.2, 0) is 10.2 Å². The molecule has 7 N–H and O–H groups in total. The van der Waals surface area contributed by atoms with Gasteiger partial charge in [-0.2, -0.15) is 0 Å². The van der Waals surface area contributed by atoms with Crippen molar-refractivity contribution in [3.05, 3.63) is 58.9 Å². The van der Waals surface area contributed by atoms with E-state index in [2.05, 4.69) is 48.1 Å². The molecule has 2 amide bonds. The van der Waals surface area contributed by atoms with Crippen LogP contribution in [0.1, 0.15) is 55.1 Å². The Labute approximate surface area is 248 Å². The van der Waals surface area contributed by atoms with Gasteiger partial charge in [-0.1, -0.05) is 38.8 Å². The van der Waals surface area contributed by atoms with Gasteiger partial charge in [0, 0.05) is 31.1 Å². The second kappa shape index (κ2) is 14.0. The molecule has 0 radical (unpaired) electrons. The molecule has 0 saturated carbocycles. The average molecular weight is 584 g/mol. The van der Waals surface area contributed by atoms with Gasteiger partial charge in [-0.25, -0.2) is 5.84 Å². The van der Waals surface area contributed by atoms with E-state index in [9.17, 15) is 9.59 Å². The summed E-state index contributed by atoms with van der Waals surface area (Å²) in [6, 6.07) is 9.16. The molecule has 10 nitrogen and oxygen atoms in total. The number of ether oxygens (including phenoxy) is 1. The molecule has 1 unspecified atom stereocenters. The number of anilines is 3. The van der Waals surface area contributed by atoms with E-state index in [-0.39, 0.29) is 22.9 Å². The molecular formula is C30H45N7O3S.